The molecule has 128 valence electrons. The van der Waals surface area contributed by atoms with Gasteiger partial charge in [-0.3, -0.25) is 14.3 Å². The van der Waals surface area contributed by atoms with Crippen molar-refractivity contribution in [3.63, 3.8) is 0 Å². The Kier molecular flexibility index (Phi) is 5.24. The number of hydrogen-bond acceptors (Lipinski definition) is 7. The Hall–Kier alpha value is -2.94. The molecule has 0 spiro atoms. The van der Waals surface area contributed by atoms with Crippen LogP contribution in [0, 0.1) is 0 Å². The van der Waals surface area contributed by atoms with E-state index in [1.807, 2.05) is 35.8 Å². The molecule has 8 nitrogen and oxygen atoms in total. The minimum absolute atomic E-state index is 0.107. The van der Waals surface area contributed by atoms with Crippen molar-refractivity contribution in [1.82, 2.24) is 24.7 Å². The van der Waals surface area contributed by atoms with Gasteiger partial charge in [-0.2, -0.15) is 0 Å². The van der Waals surface area contributed by atoms with Crippen LogP contribution < -0.4 is 10.5 Å². The fraction of sp³-hybridized carbons (Fsp3) is 0.188. The zero-order chi connectivity index (χ0) is 17.6. The summed E-state index contributed by atoms with van der Waals surface area (Å²) in [5.74, 6) is 0.985. The lowest BCUT2D eigenvalue weighted by Gasteiger charge is -2.10. The van der Waals surface area contributed by atoms with E-state index in [9.17, 15) is 4.79 Å². The van der Waals surface area contributed by atoms with Gasteiger partial charge in [0.1, 0.15) is 11.4 Å². The van der Waals surface area contributed by atoms with Crippen molar-refractivity contribution in [2.24, 2.45) is 5.73 Å². The number of primary amides is 1. The fourth-order valence-electron chi connectivity index (χ4n) is 2.17. The molecule has 2 aromatic heterocycles. The van der Waals surface area contributed by atoms with Crippen molar-refractivity contribution in [3.05, 3.63) is 42.9 Å². The Balaban J connectivity index is 2.04. The molecule has 1 amide bonds. The van der Waals surface area contributed by atoms with Crippen LogP contribution in [-0.2, 0) is 4.79 Å². The van der Waals surface area contributed by atoms with E-state index in [1.54, 1.807) is 18.6 Å². The summed E-state index contributed by atoms with van der Waals surface area (Å²) in [5.41, 5.74) is 6.64. The summed E-state index contributed by atoms with van der Waals surface area (Å²) in [6.07, 6.45) is 4.78. The number of ether oxygens (including phenoxy) is 1. The number of nitrogens with zero attached hydrogens (tertiary/aromatic N) is 5. The van der Waals surface area contributed by atoms with Crippen molar-refractivity contribution in [3.8, 4) is 23.0 Å². The molecule has 0 saturated heterocycles. The second-order valence-corrected chi connectivity index (χ2v) is 5.86. The third-order valence-corrected chi connectivity index (χ3v) is 4.13. The summed E-state index contributed by atoms with van der Waals surface area (Å²) in [6, 6.07) is 7.51. The van der Waals surface area contributed by atoms with Gasteiger partial charge in [-0.25, -0.2) is 4.98 Å². The maximum Gasteiger partial charge on any atom is 0.227 e. The molecule has 0 saturated carbocycles. The molecule has 0 atom stereocenters. The average Bonchev–Trinajstić information content (AvgIpc) is 3.05. The summed E-state index contributed by atoms with van der Waals surface area (Å²) in [4.78, 5) is 19.5. The third kappa shape index (κ3) is 3.94. The van der Waals surface area contributed by atoms with E-state index in [1.165, 1.54) is 11.8 Å². The number of benzene rings is 1. The Morgan fingerprint density at radius 3 is 2.68 bits per heavy atom. The first-order chi connectivity index (χ1) is 12.2. The van der Waals surface area contributed by atoms with Crippen LogP contribution in [-0.4, -0.2) is 43.0 Å². The van der Waals surface area contributed by atoms with Gasteiger partial charge in [0, 0.05) is 12.4 Å². The number of hydrogen-bond donors (Lipinski definition) is 1. The SMILES string of the molecule is CCOc1ccc(-n2c(SCC(N)=O)nnc2-c2cnccn2)cc1. The molecule has 0 aliphatic heterocycles. The molecule has 2 N–H and O–H groups in total. The molecule has 0 radical (unpaired) electrons. The van der Waals surface area contributed by atoms with Gasteiger partial charge in [-0.1, -0.05) is 11.8 Å². The average molecular weight is 356 g/mol. The number of aromatic nitrogens is 5. The quantitative estimate of drug-likeness (QED) is 0.642. The van der Waals surface area contributed by atoms with Crippen LogP contribution in [0.3, 0.4) is 0 Å². The summed E-state index contributed by atoms with van der Waals surface area (Å²) in [6.45, 7) is 2.52. The van der Waals surface area contributed by atoms with Gasteiger partial charge >= 0.3 is 0 Å². The van der Waals surface area contributed by atoms with Crippen molar-refractivity contribution < 1.29 is 9.53 Å². The van der Waals surface area contributed by atoms with E-state index in [4.69, 9.17) is 10.5 Å². The molecular weight excluding hydrogens is 340 g/mol. The van der Waals surface area contributed by atoms with Crippen LogP contribution in [0.15, 0.2) is 48.0 Å². The van der Waals surface area contributed by atoms with Crippen LogP contribution in [0.5, 0.6) is 5.75 Å². The number of amides is 1. The molecule has 9 heteroatoms. The van der Waals surface area contributed by atoms with E-state index < -0.39 is 5.91 Å². The molecule has 0 aliphatic rings. The molecule has 3 aromatic rings. The minimum Gasteiger partial charge on any atom is -0.494 e. The monoisotopic (exact) mass is 356 g/mol. The molecule has 25 heavy (non-hydrogen) atoms. The number of nitrogens with two attached hydrogens (primary N) is 1. The van der Waals surface area contributed by atoms with Crippen LogP contribution >= 0.6 is 11.8 Å². The molecule has 2 heterocycles. The lowest BCUT2D eigenvalue weighted by molar-refractivity contribution is -0.115. The molecular formula is C16H16N6O2S. The first-order valence-corrected chi connectivity index (χ1v) is 8.53. The maximum absolute atomic E-state index is 11.1. The maximum atomic E-state index is 11.1. The smallest absolute Gasteiger partial charge is 0.227 e. The van der Waals surface area contributed by atoms with Crippen LogP contribution in [0.4, 0.5) is 0 Å². The van der Waals surface area contributed by atoms with Gasteiger partial charge in [-0.15, -0.1) is 10.2 Å². The van der Waals surface area contributed by atoms with Crippen LogP contribution in [0.1, 0.15) is 6.92 Å². The zero-order valence-corrected chi connectivity index (χ0v) is 14.3. The normalized spacial score (nSPS) is 10.6. The molecule has 1 aromatic carbocycles. The largest absolute Gasteiger partial charge is 0.494 e. The second kappa shape index (κ2) is 7.75. The van der Waals surface area contributed by atoms with Gasteiger partial charge in [0.25, 0.3) is 0 Å². The highest BCUT2D eigenvalue weighted by Crippen LogP contribution is 2.27. The van der Waals surface area contributed by atoms with Crippen molar-refractivity contribution in [2.75, 3.05) is 12.4 Å². The summed E-state index contributed by atoms with van der Waals surface area (Å²) in [7, 11) is 0. The van der Waals surface area contributed by atoms with Gasteiger partial charge < -0.3 is 10.5 Å². The van der Waals surface area contributed by atoms with E-state index in [-0.39, 0.29) is 5.75 Å². The second-order valence-electron chi connectivity index (χ2n) is 4.91. The van der Waals surface area contributed by atoms with Crippen LogP contribution in [0.2, 0.25) is 0 Å². The lowest BCUT2D eigenvalue weighted by Crippen LogP contribution is -2.13. The van der Waals surface area contributed by atoms with Crippen molar-refractivity contribution in [2.45, 2.75) is 12.1 Å². The number of carbonyl (C=O) groups excluding carboxylic acids is 1. The predicted molar refractivity (Wildman–Crippen MR) is 93.5 cm³/mol. The Morgan fingerprint density at radius 1 is 1.24 bits per heavy atom. The summed E-state index contributed by atoms with van der Waals surface area (Å²) < 4.78 is 7.29. The minimum atomic E-state index is -0.424. The van der Waals surface area contributed by atoms with E-state index in [0.29, 0.717) is 23.3 Å². The van der Waals surface area contributed by atoms with E-state index in [0.717, 1.165) is 11.4 Å². The van der Waals surface area contributed by atoms with Gasteiger partial charge in [0.2, 0.25) is 5.91 Å². The first-order valence-electron chi connectivity index (χ1n) is 7.55. The Labute approximate surface area is 148 Å². The molecule has 0 fully saturated rings. The molecule has 0 bridgehead atoms. The third-order valence-electron chi connectivity index (χ3n) is 3.18. The topological polar surface area (TPSA) is 109 Å². The van der Waals surface area contributed by atoms with Gasteiger partial charge in [-0.05, 0) is 31.2 Å². The highest BCUT2D eigenvalue weighted by atomic mass is 32.2. The molecule has 3 rings (SSSR count). The Bertz CT molecular complexity index is 851. The lowest BCUT2D eigenvalue weighted by atomic mass is 10.3. The highest BCUT2D eigenvalue weighted by Gasteiger charge is 2.17. The highest BCUT2D eigenvalue weighted by molar-refractivity contribution is 7.99. The summed E-state index contributed by atoms with van der Waals surface area (Å²) in [5, 5.41) is 8.92. The number of rotatable bonds is 7. The number of thioether (sulfide) groups is 1. The van der Waals surface area contributed by atoms with Crippen molar-refractivity contribution in [1.29, 1.82) is 0 Å². The Morgan fingerprint density at radius 2 is 2.04 bits per heavy atom. The fourth-order valence-corrected chi connectivity index (χ4v) is 2.86. The number of carbonyl (C=O) groups is 1. The van der Waals surface area contributed by atoms with Crippen LogP contribution in [0.25, 0.3) is 17.2 Å². The predicted octanol–water partition coefficient (Wildman–Crippen LogP) is 1.70. The molecule has 0 unspecified atom stereocenters. The van der Waals surface area contributed by atoms with Crippen molar-refractivity contribution >= 4 is 17.7 Å². The zero-order valence-electron chi connectivity index (χ0n) is 13.5. The summed E-state index contributed by atoms with van der Waals surface area (Å²) >= 11 is 1.22. The van der Waals surface area contributed by atoms with Gasteiger partial charge in [0.15, 0.2) is 11.0 Å². The van der Waals surface area contributed by atoms with E-state index in [2.05, 4.69) is 20.2 Å². The standard InChI is InChI=1S/C16H16N6O2S/c1-2-24-12-5-3-11(4-6-12)22-15(13-9-18-7-8-19-13)20-21-16(22)25-10-14(17)23/h3-9H,2,10H2,1H3,(H2,17,23). The first kappa shape index (κ1) is 16.9. The molecule has 0 aliphatic carbocycles. The van der Waals surface area contributed by atoms with E-state index >= 15 is 0 Å². The van der Waals surface area contributed by atoms with Gasteiger partial charge in [0.05, 0.1) is 24.2 Å².